The third-order valence-electron chi connectivity index (χ3n) is 3.22. The molecule has 0 atom stereocenters. The minimum Gasteiger partial charge on any atom is -0.395 e. The fourth-order valence-electron chi connectivity index (χ4n) is 2.23. The molecule has 0 aliphatic rings. The van der Waals surface area contributed by atoms with Crippen LogP contribution in [0.1, 0.15) is 11.1 Å². The number of aromatic nitrogens is 1. The summed E-state index contributed by atoms with van der Waals surface area (Å²) in [7, 11) is 0. The van der Waals surface area contributed by atoms with Gasteiger partial charge in [0.05, 0.1) is 12.3 Å². The zero-order valence-electron chi connectivity index (χ0n) is 11.0. The first-order valence-electron chi connectivity index (χ1n) is 6.28. The van der Waals surface area contributed by atoms with Crippen molar-refractivity contribution < 1.29 is 5.11 Å². The van der Waals surface area contributed by atoms with Crippen molar-refractivity contribution >= 4 is 0 Å². The molecule has 0 aliphatic carbocycles. The lowest BCUT2D eigenvalue weighted by molar-refractivity contribution is 0.274. The van der Waals surface area contributed by atoms with Crippen LogP contribution in [0, 0.1) is 6.92 Å². The molecular weight excluding hydrogens is 240 g/mol. The van der Waals surface area contributed by atoms with Crippen molar-refractivity contribution in [3.8, 4) is 11.3 Å². The van der Waals surface area contributed by atoms with Gasteiger partial charge in [0.1, 0.15) is 0 Å². The molecule has 0 saturated heterocycles. The Morgan fingerprint density at radius 2 is 1.95 bits per heavy atom. The molecule has 1 aromatic heterocycles. The second-order valence-corrected chi connectivity index (χ2v) is 4.44. The fraction of sp³-hybridized carbons (Fsp3) is 0.267. The average Bonchev–Trinajstić information content (AvgIpc) is 2.43. The molecule has 19 heavy (non-hydrogen) atoms. The van der Waals surface area contributed by atoms with Gasteiger partial charge in [-0.2, -0.15) is 0 Å². The molecule has 1 heterocycles. The minimum absolute atomic E-state index is 0.0766. The Kier molecular flexibility index (Phi) is 4.14. The van der Waals surface area contributed by atoms with Gasteiger partial charge >= 0.3 is 0 Å². The summed E-state index contributed by atoms with van der Waals surface area (Å²) >= 11 is 0. The van der Waals surface area contributed by atoms with Crippen LogP contribution < -0.4 is 11.3 Å². The summed E-state index contributed by atoms with van der Waals surface area (Å²) in [5, 5.41) is 9.16. The summed E-state index contributed by atoms with van der Waals surface area (Å²) in [4.78, 5) is 12.4. The summed E-state index contributed by atoms with van der Waals surface area (Å²) in [6.07, 6.45) is 0. The molecular formula is C15H18N2O2. The molecule has 2 aromatic rings. The SMILES string of the molecule is Cc1cc(-c2ccccc2)n(CCO)c(=O)c1CN. The van der Waals surface area contributed by atoms with Gasteiger partial charge in [-0.3, -0.25) is 4.79 Å². The molecule has 4 nitrogen and oxygen atoms in total. The number of aryl methyl sites for hydroxylation is 1. The highest BCUT2D eigenvalue weighted by atomic mass is 16.3. The molecule has 3 N–H and O–H groups in total. The Hall–Kier alpha value is -1.91. The van der Waals surface area contributed by atoms with E-state index in [1.807, 2.05) is 43.3 Å². The average molecular weight is 258 g/mol. The van der Waals surface area contributed by atoms with Crippen molar-refractivity contribution in [3.63, 3.8) is 0 Å². The lowest BCUT2D eigenvalue weighted by Crippen LogP contribution is -2.29. The number of rotatable bonds is 4. The van der Waals surface area contributed by atoms with E-state index in [2.05, 4.69) is 0 Å². The van der Waals surface area contributed by atoms with Crippen LogP contribution in [-0.4, -0.2) is 16.3 Å². The number of aliphatic hydroxyl groups is 1. The van der Waals surface area contributed by atoms with Crippen molar-refractivity contribution in [1.29, 1.82) is 0 Å². The van der Waals surface area contributed by atoms with E-state index in [0.717, 1.165) is 16.8 Å². The third kappa shape index (κ3) is 2.59. The maximum atomic E-state index is 12.4. The van der Waals surface area contributed by atoms with Crippen LogP contribution in [0.4, 0.5) is 0 Å². The van der Waals surface area contributed by atoms with E-state index in [4.69, 9.17) is 10.8 Å². The number of hydrogen-bond donors (Lipinski definition) is 2. The standard InChI is InChI=1S/C15H18N2O2/c1-11-9-14(12-5-3-2-4-6-12)17(7-8-18)15(19)13(11)10-16/h2-6,9,18H,7-8,10,16H2,1H3. The molecule has 0 radical (unpaired) electrons. The first kappa shape index (κ1) is 13.5. The number of pyridine rings is 1. The van der Waals surface area contributed by atoms with E-state index in [9.17, 15) is 4.79 Å². The maximum absolute atomic E-state index is 12.4. The van der Waals surface area contributed by atoms with E-state index in [1.54, 1.807) is 4.57 Å². The van der Waals surface area contributed by atoms with Crippen LogP contribution in [0.5, 0.6) is 0 Å². The van der Waals surface area contributed by atoms with Gasteiger partial charge in [-0.15, -0.1) is 0 Å². The van der Waals surface area contributed by atoms with Crippen LogP contribution in [0.15, 0.2) is 41.2 Å². The fourth-order valence-corrected chi connectivity index (χ4v) is 2.23. The van der Waals surface area contributed by atoms with Crippen molar-refractivity contribution in [1.82, 2.24) is 4.57 Å². The summed E-state index contributed by atoms with van der Waals surface area (Å²) in [5.74, 6) is 0. The second kappa shape index (κ2) is 5.82. The third-order valence-corrected chi connectivity index (χ3v) is 3.22. The zero-order valence-corrected chi connectivity index (χ0v) is 11.0. The van der Waals surface area contributed by atoms with Gasteiger partial charge in [-0.1, -0.05) is 30.3 Å². The molecule has 0 unspecified atom stereocenters. The second-order valence-electron chi connectivity index (χ2n) is 4.44. The van der Waals surface area contributed by atoms with Crippen molar-refractivity contribution in [3.05, 3.63) is 57.9 Å². The number of benzene rings is 1. The predicted octanol–water partition coefficient (Wildman–Crippen LogP) is 1.27. The molecule has 0 bridgehead atoms. The van der Waals surface area contributed by atoms with E-state index in [0.29, 0.717) is 5.56 Å². The Labute approximate surface area is 112 Å². The van der Waals surface area contributed by atoms with Crippen LogP contribution in [-0.2, 0) is 13.1 Å². The van der Waals surface area contributed by atoms with Crippen molar-refractivity contribution in [2.75, 3.05) is 6.61 Å². The lowest BCUT2D eigenvalue weighted by Gasteiger charge is -2.15. The highest BCUT2D eigenvalue weighted by Crippen LogP contribution is 2.20. The molecule has 0 fully saturated rings. The largest absolute Gasteiger partial charge is 0.395 e. The Morgan fingerprint density at radius 3 is 2.53 bits per heavy atom. The van der Waals surface area contributed by atoms with Gasteiger partial charge in [0.15, 0.2) is 0 Å². The number of aliphatic hydroxyl groups excluding tert-OH is 1. The number of nitrogens with two attached hydrogens (primary N) is 1. The molecule has 0 amide bonds. The first-order valence-corrected chi connectivity index (χ1v) is 6.28. The Morgan fingerprint density at radius 1 is 1.26 bits per heavy atom. The first-order chi connectivity index (χ1) is 9.19. The molecule has 0 spiro atoms. The Bertz CT molecular complexity index is 618. The van der Waals surface area contributed by atoms with E-state index in [-0.39, 0.29) is 25.3 Å². The van der Waals surface area contributed by atoms with Crippen LogP contribution >= 0.6 is 0 Å². The van der Waals surface area contributed by atoms with E-state index >= 15 is 0 Å². The van der Waals surface area contributed by atoms with Crippen molar-refractivity contribution in [2.24, 2.45) is 5.73 Å². The molecule has 2 rings (SSSR count). The minimum atomic E-state index is -0.115. The molecule has 100 valence electrons. The quantitative estimate of drug-likeness (QED) is 0.868. The van der Waals surface area contributed by atoms with Gasteiger partial charge < -0.3 is 15.4 Å². The number of nitrogens with zero attached hydrogens (tertiary/aromatic N) is 1. The summed E-state index contributed by atoms with van der Waals surface area (Å²) in [5.41, 5.74) is 8.78. The smallest absolute Gasteiger partial charge is 0.255 e. The van der Waals surface area contributed by atoms with Crippen molar-refractivity contribution in [2.45, 2.75) is 20.0 Å². The van der Waals surface area contributed by atoms with Crippen LogP contribution in [0.2, 0.25) is 0 Å². The molecule has 0 saturated carbocycles. The topological polar surface area (TPSA) is 68.2 Å². The molecule has 0 aliphatic heterocycles. The normalized spacial score (nSPS) is 10.7. The number of hydrogen-bond acceptors (Lipinski definition) is 3. The van der Waals surface area contributed by atoms with Crippen LogP contribution in [0.3, 0.4) is 0 Å². The van der Waals surface area contributed by atoms with Gasteiger partial charge in [0.25, 0.3) is 5.56 Å². The Balaban J connectivity index is 2.70. The van der Waals surface area contributed by atoms with Gasteiger partial charge in [-0.05, 0) is 24.1 Å². The van der Waals surface area contributed by atoms with Gasteiger partial charge in [0, 0.05) is 18.7 Å². The summed E-state index contributed by atoms with van der Waals surface area (Å²) in [6.45, 7) is 2.30. The van der Waals surface area contributed by atoms with Crippen LogP contribution in [0.25, 0.3) is 11.3 Å². The molecule has 4 heteroatoms. The monoisotopic (exact) mass is 258 g/mol. The highest BCUT2D eigenvalue weighted by Gasteiger charge is 2.12. The zero-order chi connectivity index (χ0) is 13.8. The summed E-state index contributed by atoms with van der Waals surface area (Å²) < 4.78 is 1.59. The van der Waals surface area contributed by atoms with E-state index in [1.165, 1.54) is 0 Å². The van der Waals surface area contributed by atoms with E-state index < -0.39 is 0 Å². The highest BCUT2D eigenvalue weighted by molar-refractivity contribution is 5.61. The van der Waals surface area contributed by atoms with Gasteiger partial charge in [0.2, 0.25) is 0 Å². The summed E-state index contributed by atoms with van der Waals surface area (Å²) in [6, 6.07) is 11.6. The predicted molar refractivity (Wildman–Crippen MR) is 75.9 cm³/mol. The molecule has 1 aromatic carbocycles. The maximum Gasteiger partial charge on any atom is 0.255 e. The lowest BCUT2D eigenvalue weighted by atomic mass is 10.1. The van der Waals surface area contributed by atoms with Gasteiger partial charge in [-0.25, -0.2) is 0 Å².